The lowest BCUT2D eigenvalue weighted by molar-refractivity contribution is 0.0954. The second-order valence-corrected chi connectivity index (χ2v) is 4.99. The smallest absolute Gasteiger partial charge is 0.251 e. The topological polar surface area (TPSA) is 68.0 Å². The van der Waals surface area contributed by atoms with Crippen molar-refractivity contribution in [3.63, 3.8) is 0 Å². The molecule has 2 rings (SSSR count). The number of rotatable bonds is 4. The lowest BCUT2D eigenvalue weighted by atomic mass is 10.1. The molecule has 1 amide bonds. The Morgan fingerprint density at radius 3 is 2.65 bits per heavy atom. The fourth-order valence-electron chi connectivity index (χ4n) is 1.90. The number of aryl methyl sites for hydroxylation is 1. The average Bonchev–Trinajstić information content (AvgIpc) is 2.40. The van der Waals surface area contributed by atoms with Crippen LogP contribution in [0.4, 0.5) is 5.82 Å². The van der Waals surface area contributed by atoms with Gasteiger partial charge in [-0.2, -0.15) is 0 Å². The van der Waals surface area contributed by atoms with Gasteiger partial charge in [-0.25, -0.2) is 4.98 Å². The molecule has 0 fully saturated rings. The number of nitrogens with one attached hydrogen (secondary N) is 1. The number of amides is 1. The molecule has 0 aliphatic rings. The molecule has 0 radical (unpaired) electrons. The van der Waals surface area contributed by atoms with Crippen molar-refractivity contribution in [2.75, 3.05) is 12.3 Å². The van der Waals surface area contributed by atoms with Crippen molar-refractivity contribution < 1.29 is 4.79 Å². The van der Waals surface area contributed by atoms with Gasteiger partial charge in [0.25, 0.3) is 5.91 Å². The van der Waals surface area contributed by atoms with Crippen molar-refractivity contribution in [3.05, 3.63) is 58.2 Å². The van der Waals surface area contributed by atoms with Gasteiger partial charge in [-0.15, -0.1) is 0 Å². The van der Waals surface area contributed by atoms with Crippen LogP contribution in [0.2, 0.25) is 5.02 Å². The third-order valence-corrected chi connectivity index (χ3v) is 3.10. The standard InChI is InChI=1S/C15H16ClN3O/c1-10-8-12(9-14(17)19-10)15(20)18-7-6-11-2-4-13(16)5-3-11/h2-5,8-9H,6-7H2,1H3,(H2,17,19)(H,18,20). The van der Waals surface area contributed by atoms with E-state index >= 15 is 0 Å². The van der Waals surface area contributed by atoms with Crippen LogP contribution in [0.1, 0.15) is 21.6 Å². The number of benzene rings is 1. The molecular formula is C15H16ClN3O. The number of nitrogens with two attached hydrogens (primary N) is 1. The van der Waals surface area contributed by atoms with Gasteiger partial charge in [0.1, 0.15) is 5.82 Å². The molecule has 0 spiro atoms. The normalized spacial score (nSPS) is 10.3. The van der Waals surface area contributed by atoms with Crippen molar-refractivity contribution in [1.29, 1.82) is 0 Å². The maximum atomic E-state index is 12.0. The summed E-state index contributed by atoms with van der Waals surface area (Å²) in [5, 5.41) is 3.57. The van der Waals surface area contributed by atoms with Crippen molar-refractivity contribution in [2.24, 2.45) is 0 Å². The minimum atomic E-state index is -0.142. The number of nitrogen functional groups attached to an aromatic ring is 1. The second kappa shape index (κ2) is 6.39. The molecule has 5 heteroatoms. The molecule has 0 bridgehead atoms. The van der Waals surface area contributed by atoms with E-state index in [9.17, 15) is 4.79 Å². The zero-order valence-corrected chi connectivity index (χ0v) is 11.9. The first kappa shape index (κ1) is 14.3. The molecule has 4 nitrogen and oxygen atoms in total. The Hall–Kier alpha value is -2.07. The lowest BCUT2D eigenvalue weighted by Crippen LogP contribution is -2.26. The van der Waals surface area contributed by atoms with Crippen LogP contribution in [0.15, 0.2) is 36.4 Å². The Kier molecular flexibility index (Phi) is 4.58. The van der Waals surface area contributed by atoms with E-state index in [1.165, 1.54) is 0 Å². The summed E-state index contributed by atoms with van der Waals surface area (Å²) >= 11 is 5.82. The van der Waals surface area contributed by atoms with Crippen LogP contribution in [-0.2, 0) is 6.42 Å². The number of carbonyl (C=O) groups excluding carboxylic acids is 1. The second-order valence-electron chi connectivity index (χ2n) is 4.55. The molecular weight excluding hydrogens is 274 g/mol. The molecule has 1 aromatic carbocycles. The van der Waals surface area contributed by atoms with E-state index in [1.807, 2.05) is 24.3 Å². The van der Waals surface area contributed by atoms with E-state index in [0.717, 1.165) is 17.7 Å². The Morgan fingerprint density at radius 1 is 1.30 bits per heavy atom. The number of hydrogen-bond donors (Lipinski definition) is 2. The van der Waals surface area contributed by atoms with Crippen LogP contribution in [0.5, 0.6) is 0 Å². The number of pyridine rings is 1. The summed E-state index contributed by atoms with van der Waals surface area (Å²) in [6.07, 6.45) is 0.752. The number of anilines is 1. The molecule has 2 aromatic rings. The Morgan fingerprint density at radius 2 is 2.00 bits per heavy atom. The molecule has 0 aliphatic carbocycles. The molecule has 0 unspecified atom stereocenters. The minimum absolute atomic E-state index is 0.142. The number of aromatic nitrogens is 1. The lowest BCUT2D eigenvalue weighted by Gasteiger charge is -2.07. The van der Waals surface area contributed by atoms with E-state index in [2.05, 4.69) is 10.3 Å². The van der Waals surface area contributed by atoms with Crippen LogP contribution in [-0.4, -0.2) is 17.4 Å². The highest BCUT2D eigenvalue weighted by molar-refractivity contribution is 6.30. The SMILES string of the molecule is Cc1cc(C(=O)NCCc2ccc(Cl)cc2)cc(N)n1. The van der Waals surface area contributed by atoms with Crippen LogP contribution in [0, 0.1) is 6.92 Å². The first-order valence-corrected chi connectivity index (χ1v) is 6.69. The monoisotopic (exact) mass is 289 g/mol. The highest BCUT2D eigenvalue weighted by atomic mass is 35.5. The van der Waals surface area contributed by atoms with E-state index in [-0.39, 0.29) is 5.91 Å². The summed E-state index contributed by atoms with van der Waals surface area (Å²) < 4.78 is 0. The van der Waals surface area contributed by atoms with Gasteiger partial charge >= 0.3 is 0 Å². The van der Waals surface area contributed by atoms with Crippen molar-refractivity contribution in [2.45, 2.75) is 13.3 Å². The van der Waals surface area contributed by atoms with Gasteiger partial charge in [0, 0.05) is 22.8 Å². The number of halogens is 1. The Balaban J connectivity index is 1.90. The molecule has 0 saturated heterocycles. The Labute approximate surface area is 123 Å². The van der Waals surface area contributed by atoms with E-state index in [1.54, 1.807) is 19.1 Å². The minimum Gasteiger partial charge on any atom is -0.384 e. The third-order valence-electron chi connectivity index (χ3n) is 2.85. The molecule has 0 aliphatic heterocycles. The van der Waals surface area contributed by atoms with Crippen LogP contribution in [0.3, 0.4) is 0 Å². The zero-order chi connectivity index (χ0) is 14.5. The fraction of sp³-hybridized carbons (Fsp3) is 0.200. The van der Waals surface area contributed by atoms with Gasteiger partial charge in [0.05, 0.1) is 0 Å². The highest BCUT2D eigenvalue weighted by Gasteiger charge is 2.07. The van der Waals surface area contributed by atoms with Gasteiger partial charge in [-0.3, -0.25) is 4.79 Å². The van der Waals surface area contributed by atoms with E-state index in [4.69, 9.17) is 17.3 Å². The summed E-state index contributed by atoms with van der Waals surface area (Å²) in [7, 11) is 0. The summed E-state index contributed by atoms with van der Waals surface area (Å²) in [5.74, 6) is 0.212. The molecule has 3 N–H and O–H groups in total. The Bertz CT molecular complexity index is 591. The van der Waals surface area contributed by atoms with Crippen molar-refractivity contribution in [1.82, 2.24) is 10.3 Å². The number of carbonyl (C=O) groups is 1. The van der Waals surface area contributed by atoms with Gasteiger partial charge in [-0.05, 0) is 43.2 Å². The molecule has 0 atom stereocenters. The predicted molar refractivity (Wildman–Crippen MR) is 80.9 cm³/mol. The molecule has 1 heterocycles. The van der Waals surface area contributed by atoms with E-state index < -0.39 is 0 Å². The van der Waals surface area contributed by atoms with Gasteiger partial charge in [0.15, 0.2) is 0 Å². The summed E-state index contributed by atoms with van der Waals surface area (Å²) in [5.41, 5.74) is 8.02. The maximum Gasteiger partial charge on any atom is 0.251 e. The molecule has 1 aromatic heterocycles. The summed E-state index contributed by atoms with van der Waals surface area (Å²) in [6, 6.07) is 10.9. The van der Waals surface area contributed by atoms with Crippen LogP contribution >= 0.6 is 11.6 Å². The van der Waals surface area contributed by atoms with Crippen LogP contribution in [0.25, 0.3) is 0 Å². The first-order valence-electron chi connectivity index (χ1n) is 6.31. The molecule has 20 heavy (non-hydrogen) atoms. The highest BCUT2D eigenvalue weighted by Crippen LogP contribution is 2.10. The first-order chi connectivity index (χ1) is 9.54. The fourth-order valence-corrected chi connectivity index (χ4v) is 2.02. The molecule has 104 valence electrons. The molecule has 0 saturated carbocycles. The average molecular weight is 290 g/mol. The van der Waals surface area contributed by atoms with Gasteiger partial charge in [0.2, 0.25) is 0 Å². The third kappa shape index (κ3) is 3.96. The van der Waals surface area contributed by atoms with Gasteiger partial charge in [-0.1, -0.05) is 23.7 Å². The van der Waals surface area contributed by atoms with Crippen LogP contribution < -0.4 is 11.1 Å². The zero-order valence-electron chi connectivity index (χ0n) is 11.2. The quantitative estimate of drug-likeness (QED) is 0.909. The summed E-state index contributed by atoms with van der Waals surface area (Å²) in [4.78, 5) is 16.0. The van der Waals surface area contributed by atoms with Crippen molar-refractivity contribution in [3.8, 4) is 0 Å². The predicted octanol–water partition coefficient (Wildman–Crippen LogP) is 2.60. The largest absolute Gasteiger partial charge is 0.384 e. The number of nitrogens with zero attached hydrogens (tertiary/aromatic N) is 1. The van der Waals surface area contributed by atoms with Gasteiger partial charge < -0.3 is 11.1 Å². The summed E-state index contributed by atoms with van der Waals surface area (Å²) in [6.45, 7) is 2.36. The van der Waals surface area contributed by atoms with E-state index in [0.29, 0.717) is 22.9 Å². The van der Waals surface area contributed by atoms with Crippen molar-refractivity contribution >= 4 is 23.3 Å². The maximum absolute atomic E-state index is 12.0. The number of hydrogen-bond acceptors (Lipinski definition) is 3.